The molecule has 1 aromatic rings. The molecule has 2 atom stereocenters. The summed E-state index contributed by atoms with van der Waals surface area (Å²) in [7, 11) is -7.94. The van der Waals surface area contributed by atoms with Crippen LogP contribution in [0.3, 0.4) is 0 Å². The molecule has 0 saturated heterocycles. The van der Waals surface area contributed by atoms with Gasteiger partial charge >= 0.3 is 18.0 Å². The zero-order chi connectivity index (χ0) is 23.6. The zero-order valence-electron chi connectivity index (χ0n) is 16.9. The van der Waals surface area contributed by atoms with Crippen molar-refractivity contribution in [3.8, 4) is 0 Å². The molecule has 0 aliphatic carbocycles. The zero-order valence-corrected chi connectivity index (χ0v) is 19.3. The first-order valence-electron chi connectivity index (χ1n) is 8.91. The fourth-order valence-electron chi connectivity index (χ4n) is 2.91. The molecule has 0 fully saturated rings. The van der Waals surface area contributed by atoms with Crippen LogP contribution in [-0.4, -0.2) is 65.0 Å². The van der Waals surface area contributed by atoms with Gasteiger partial charge in [0.1, 0.15) is 8.42 Å². The number of nitrogens with two attached hydrogens (primary N) is 1. The van der Waals surface area contributed by atoms with Crippen LogP contribution < -0.4 is 5.14 Å². The minimum absolute atomic E-state index is 0.00526. The van der Waals surface area contributed by atoms with Crippen LogP contribution in [0.2, 0.25) is 0 Å². The molecule has 0 spiro atoms. The predicted octanol–water partition coefficient (Wildman–Crippen LogP) is 0.525. The Labute approximate surface area is 183 Å². The molecule has 0 bridgehead atoms. The number of carbonyl (C=O) groups excluding carboxylic acids is 3. The Kier molecular flexibility index (Phi) is 7.67. The summed E-state index contributed by atoms with van der Waals surface area (Å²) in [5, 5.41) is 4.26. The number of sulfone groups is 1. The van der Waals surface area contributed by atoms with Gasteiger partial charge in [-0.2, -0.15) is 0 Å². The molecule has 174 valence electrons. The highest BCUT2D eigenvalue weighted by molar-refractivity contribution is 7.95. The Balaban J connectivity index is 2.21. The van der Waals surface area contributed by atoms with Crippen LogP contribution in [-0.2, 0) is 43.7 Å². The largest absolute Gasteiger partial charge is 0.454 e. The number of sulfonamides is 1. The van der Waals surface area contributed by atoms with Crippen molar-refractivity contribution in [3.05, 3.63) is 11.6 Å². The van der Waals surface area contributed by atoms with Gasteiger partial charge in [-0.3, -0.25) is 4.79 Å². The lowest BCUT2D eigenvalue weighted by Gasteiger charge is -2.35. The number of primary sulfonamides is 1. The van der Waals surface area contributed by atoms with E-state index < -0.39 is 62.6 Å². The first-order chi connectivity index (χ1) is 14.3. The highest BCUT2D eigenvalue weighted by Gasteiger charge is 2.42. The predicted molar refractivity (Wildman–Crippen MR) is 106 cm³/mol. The SMILES string of the molecule is CCN(C(=O)OCOC(=O)COC(C)=O)[C@H]1C[C@H](C)S(=O)(=O)c2sc(S(N)(=O)=O)cc21. The fourth-order valence-corrected chi connectivity index (χ4v) is 7.31. The summed E-state index contributed by atoms with van der Waals surface area (Å²) in [5.74, 6) is -1.61. The third kappa shape index (κ3) is 5.72. The quantitative estimate of drug-likeness (QED) is 0.412. The van der Waals surface area contributed by atoms with Gasteiger partial charge in [0, 0.05) is 19.0 Å². The second-order valence-corrected chi connectivity index (χ2v) is 12.0. The number of nitrogens with zero attached hydrogens (tertiary/aromatic N) is 1. The van der Waals surface area contributed by atoms with E-state index in [-0.39, 0.29) is 26.9 Å². The third-order valence-electron chi connectivity index (χ3n) is 4.43. The van der Waals surface area contributed by atoms with Crippen molar-refractivity contribution < 1.29 is 45.4 Å². The first-order valence-corrected chi connectivity index (χ1v) is 12.8. The Bertz CT molecular complexity index is 1080. The lowest BCUT2D eigenvalue weighted by molar-refractivity contribution is -0.163. The van der Waals surface area contributed by atoms with E-state index in [1.165, 1.54) is 11.8 Å². The van der Waals surface area contributed by atoms with E-state index in [9.17, 15) is 31.2 Å². The second-order valence-electron chi connectivity index (χ2n) is 6.57. The summed E-state index contributed by atoms with van der Waals surface area (Å²) in [6.07, 6.45) is -0.903. The van der Waals surface area contributed by atoms with Crippen molar-refractivity contribution >= 4 is 49.2 Å². The van der Waals surface area contributed by atoms with Gasteiger partial charge in [-0.05, 0) is 26.3 Å². The third-order valence-corrected chi connectivity index (χ3v) is 9.75. The summed E-state index contributed by atoms with van der Waals surface area (Å²) in [6.45, 7) is 2.88. The summed E-state index contributed by atoms with van der Waals surface area (Å²) < 4.78 is 62.3. The van der Waals surface area contributed by atoms with Gasteiger partial charge in [-0.1, -0.05) is 0 Å². The van der Waals surface area contributed by atoms with Crippen LogP contribution >= 0.6 is 11.3 Å². The highest BCUT2D eigenvalue weighted by atomic mass is 32.3. The molecule has 1 aliphatic rings. The monoisotopic (exact) mass is 498 g/mol. The van der Waals surface area contributed by atoms with Gasteiger partial charge in [-0.25, -0.2) is 31.6 Å². The molecule has 0 unspecified atom stereocenters. The molecular weight excluding hydrogens is 476 g/mol. The van der Waals surface area contributed by atoms with Gasteiger partial charge in [-0.15, -0.1) is 11.3 Å². The summed E-state index contributed by atoms with van der Waals surface area (Å²) in [5.41, 5.74) is 0.137. The van der Waals surface area contributed by atoms with Crippen LogP contribution in [0.1, 0.15) is 38.8 Å². The Morgan fingerprint density at radius 1 is 1.26 bits per heavy atom. The van der Waals surface area contributed by atoms with E-state index in [2.05, 4.69) is 9.47 Å². The summed E-state index contributed by atoms with van der Waals surface area (Å²) in [6, 6.07) is 0.355. The molecule has 1 aromatic heterocycles. The topological polar surface area (TPSA) is 176 Å². The van der Waals surface area contributed by atoms with Crippen LogP contribution in [0.5, 0.6) is 0 Å². The van der Waals surface area contributed by atoms with Gasteiger partial charge in [0.15, 0.2) is 16.4 Å². The number of hydrogen-bond acceptors (Lipinski definition) is 11. The molecule has 12 nitrogen and oxygen atoms in total. The fraction of sp³-hybridized carbons (Fsp3) is 0.562. The van der Waals surface area contributed by atoms with Crippen molar-refractivity contribution in [3.63, 3.8) is 0 Å². The molecule has 2 rings (SSSR count). The van der Waals surface area contributed by atoms with Crippen molar-refractivity contribution in [1.82, 2.24) is 4.90 Å². The van der Waals surface area contributed by atoms with Crippen LogP contribution in [0.15, 0.2) is 14.5 Å². The Morgan fingerprint density at radius 3 is 2.45 bits per heavy atom. The van der Waals surface area contributed by atoms with E-state index >= 15 is 0 Å². The smallest absolute Gasteiger partial charge is 0.413 e. The Hall–Kier alpha value is -2.23. The van der Waals surface area contributed by atoms with E-state index in [1.807, 2.05) is 0 Å². The average Bonchev–Trinajstić information content (AvgIpc) is 3.12. The molecule has 0 radical (unpaired) electrons. The maximum absolute atomic E-state index is 12.7. The van der Waals surface area contributed by atoms with Crippen molar-refractivity contribution in [2.24, 2.45) is 5.14 Å². The molecule has 2 heterocycles. The first kappa shape index (κ1) is 25.0. The number of thiophene rings is 1. The molecule has 1 aliphatic heterocycles. The van der Waals surface area contributed by atoms with E-state index in [0.717, 1.165) is 13.0 Å². The van der Waals surface area contributed by atoms with Crippen LogP contribution in [0.4, 0.5) is 4.79 Å². The average molecular weight is 499 g/mol. The number of carbonyl (C=O) groups is 3. The van der Waals surface area contributed by atoms with Crippen LogP contribution in [0.25, 0.3) is 0 Å². The maximum atomic E-state index is 12.7. The molecular formula is C16H22N2O10S3. The van der Waals surface area contributed by atoms with Crippen molar-refractivity contribution in [1.29, 1.82) is 0 Å². The number of amides is 1. The van der Waals surface area contributed by atoms with E-state index in [4.69, 9.17) is 9.88 Å². The van der Waals surface area contributed by atoms with Gasteiger partial charge < -0.3 is 19.1 Å². The number of fused-ring (bicyclic) bond motifs is 1. The van der Waals surface area contributed by atoms with E-state index in [0.29, 0.717) is 11.3 Å². The minimum Gasteiger partial charge on any atom is -0.454 e. The molecule has 15 heteroatoms. The molecule has 0 aromatic carbocycles. The lowest BCUT2D eigenvalue weighted by Crippen LogP contribution is -2.40. The Morgan fingerprint density at radius 2 is 1.90 bits per heavy atom. The molecule has 0 saturated carbocycles. The molecule has 31 heavy (non-hydrogen) atoms. The maximum Gasteiger partial charge on any atom is 0.413 e. The van der Waals surface area contributed by atoms with E-state index in [1.54, 1.807) is 6.92 Å². The van der Waals surface area contributed by atoms with Gasteiger partial charge in [0.25, 0.3) is 0 Å². The molecule has 2 N–H and O–H groups in total. The highest BCUT2D eigenvalue weighted by Crippen LogP contribution is 2.45. The summed E-state index contributed by atoms with van der Waals surface area (Å²) in [4.78, 5) is 35.8. The molecule has 1 amide bonds. The minimum atomic E-state index is -4.15. The number of ether oxygens (including phenoxy) is 3. The van der Waals surface area contributed by atoms with Crippen molar-refractivity contribution in [2.45, 2.75) is 46.9 Å². The van der Waals surface area contributed by atoms with Gasteiger partial charge in [0.2, 0.25) is 16.8 Å². The standard InChI is InChI=1S/C16H22N2O10S3/c1-4-18(16(21)28-8-27-13(20)7-26-10(3)19)12-5-9(2)30(22,23)15-11(12)6-14(29-15)31(17,24)25/h6,9,12H,4-5,7-8H2,1-3H3,(H2,17,24,25)/t9-,12-/m0/s1. The second kappa shape index (κ2) is 9.50. The number of esters is 2. The normalized spacial score (nSPS) is 19.7. The van der Waals surface area contributed by atoms with Gasteiger partial charge in [0.05, 0.1) is 11.3 Å². The van der Waals surface area contributed by atoms with Crippen LogP contribution in [0, 0.1) is 0 Å². The van der Waals surface area contributed by atoms with Crippen molar-refractivity contribution in [2.75, 3.05) is 19.9 Å². The summed E-state index contributed by atoms with van der Waals surface area (Å²) >= 11 is 0.535. The number of hydrogen-bond donors (Lipinski definition) is 1. The number of rotatable bonds is 7. The lowest BCUT2D eigenvalue weighted by atomic mass is 10.0.